The lowest BCUT2D eigenvalue weighted by molar-refractivity contribution is 0.0818. The summed E-state index contributed by atoms with van der Waals surface area (Å²) in [5.41, 5.74) is 4.27. The van der Waals surface area contributed by atoms with Crippen LogP contribution in [0.25, 0.3) is 33.2 Å². The largest absolute Gasteiger partial charge is 0.360 e. The van der Waals surface area contributed by atoms with E-state index in [0.717, 1.165) is 34.4 Å². The van der Waals surface area contributed by atoms with Gasteiger partial charge < -0.3 is 9.72 Å². The molecule has 2 heterocycles. The fourth-order valence-electron chi connectivity index (χ4n) is 3.18. The van der Waals surface area contributed by atoms with Gasteiger partial charge in [-0.2, -0.15) is 5.10 Å². The summed E-state index contributed by atoms with van der Waals surface area (Å²) in [6, 6.07) is 18.1. The monoisotopic (exact) mass is 489 g/mol. The molecule has 0 amide bonds. The van der Waals surface area contributed by atoms with Crippen molar-refractivity contribution in [3.63, 3.8) is 0 Å². The zero-order valence-electron chi connectivity index (χ0n) is 15.9. The first-order valence-electron chi connectivity index (χ1n) is 9.23. The molecule has 0 fully saturated rings. The molecule has 1 N–H and O–H groups in total. The summed E-state index contributed by atoms with van der Waals surface area (Å²) >= 11 is 2.36. The minimum atomic E-state index is -1.08. The molecule has 0 spiro atoms. The molecule has 4 aromatic rings. The van der Waals surface area contributed by atoms with Crippen LogP contribution in [-0.4, -0.2) is 29.4 Å². The van der Waals surface area contributed by atoms with E-state index < -0.39 is 8.07 Å². The quantitative estimate of drug-likeness (QED) is 0.202. The topological polar surface area (TPSA) is 42.8 Å². The summed E-state index contributed by atoms with van der Waals surface area (Å²) in [4.78, 5) is 3.51. The van der Waals surface area contributed by atoms with Gasteiger partial charge in [0.2, 0.25) is 0 Å². The molecule has 27 heavy (non-hydrogen) atoms. The van der Waals surface area contributed by atoms with Crippen LogP contribution in [0.2, 0.25) is 25.7 Å². The zero-order valence-corrected chi connectivity index (χ0v) is 19.1. The maximum atomic E-state index is 5.97. The number of benzene rings is 2. The third kappa shape index (κ3) is 4.12. The van der Waals surface area contributed by atoms with Crippen LogP contribution in [0.4, 0.5) is 0 Å². The summed E-state index contributed by atoms with van der Waals surface area (Å²) in [7, 11) is -1.08. The van der Waals surface area contributed by atoms with E-state index in [9.17, 15) is 0 Å². The van der Waals surface area contributed by atoms with Crippen LogP contribution in [0.3, 0.4) is 0 Å². The predicted octanol–water partition coefficient (Wildman–Crippen LogP) is 6.10. The Morgan fingerprint density at radius 1 is 1.11 bits per heavy atom. The second-order valence-corrected chi connectivity index (χ2v) is 15.0. The van der Waals surface area contributed by atoms with Crippen LogP contribution in [0, 0.1) is 3.57 Å². The minimum absolute atomic E-state index is 0.488. The number of nitrogens with one attached hydrogen (secondary N) is 1. The van der Waals surface area contributed by atoms with Gasteiger partial charge >= 0.3 is 0 Å². The van der Waals surface area contributed by atoms with Crippen LogP contribution < -0.4 is 0 Å². The molecule has 0 radical (unpaired) electrons. The highest BCUT2D eigenvalue weighted by Gasteiger charge is 2.16. The van der Waals surface area contributed by atoms with Gasteiger partial charge in [-0.1, -0.05) is 37.8 Å². The fourth-order valence-corrected chi connectivity index (χ4v) is 4.43. The third-order valence-electron chi connectivity index (χ3n) is 4.71. The Morgan fingerprint density at radius 3 is 2.70 bits per heavy atom. The number of para-hydroxylation sites is 1. The average molecular weight is 489 g/mol. The average Bonchev–Trinajstić information content (AvgIpc) is 3.18. The molecule has 0 saturated heterocycles. The van der Waals surface area contributed by atoms with Gasteiger partial charge in [-0.15, -0.1) is 0 Å². The van der Waals surface area contributed by atoms with Crippen molar-refractivity contribution in [2.24, 2.45) is 0 Å². The van der Waals surface area contributed by atoms with E-state index in [1.807, 2.05) is 4.68 Å². The Hall–Kier alpha value is -1.64. The Morgan fingerprint density at radius 2 is 1.93 bits per heavy atom. The van der Waals surface area contributed by atoms with Gasteiger partial charge in [0, 0.05) is 34.5 Å². The van der Waals surface area contributed by atoms with Crippen molar-refractivity contribution in [3.8, 4) is 11.4 Å². The second kappa shape index (κ2) is 7.41. The van der Waals surface area contributed by atoms with Crippen LogP contribution in [0.15, 0.2) is 48.5 Å². The lowest BCUT2D eigenvalue weighted by Crippen LogP contribution is -2.22. The molecular weight excluding hydrogens is 465 g/mol. The number of aromatic nitrogens is 3. The maximum absolute atomic E-state index is 5.97. The van der Waals surface area contributed by atoms with E-state index in [0.29, 0.717) is 6.73 Å². The highest BCUT2D eigenvalue weighted by molar-refractivity contribution is 14.1. The number of hydrogen-bond donors (Lipinski definition) is 1. The highest BCUT2D eigenvalue weighted by Crippen LogP contribution is 2.31. The summed E-state index contributed by atoms with van der Waals surface area (Å²) in [6.07, 6.45) is 0. The van der Waals surface area contributed by atoms with Crippen LogP contribution in [0.1, 0.15) is 0 Å². The molecule has 0 unspecified atom stereocenters. The van der Waals surface area contributed by atoms with E-state index in [2.05, 4.69) is 95.7 Å². The molecule has 4 rings (SSSR count). The van der Waals surface area contributed by atoms with Crippen LogP contribution in [0.5, 0.6) is 0 Å². The van der Waals surface area contributed by atoms with Crippen molar-refractivity contribution in [1.82, 2.24) is 14.8 Å². The SMILES string of the molecule is C[Si](C)(C)CCOCn1nc(-c2cc3ccccc3[nH]2)c2cc(I)ccc21. The van der Waals surface area contributed by atoms with Gasteiger partial charge in [0.15, 0.2) is 0 Å². The summed E-state index contributed by atoms with van der Waals surface area (Å²) in [5, 5.41) is 7.25. The van der Waals surface area contributed by atoms with Crippen LogP contribution >= 0.6 is 22.6 Å². The summed E-state index contributed by atoms with van der Waals surface area (Å²) in [6.45, 7) is 8.39. The molecule has 0 bridgehead atoms. The number of H-pyrrole nitrogens is 1. The van der Waals surface area contributed by atoms with Gasteiger partial charge in [0.25, 0.3) is 0 Å². The molecule has 0 saturated carbocycles. The third-order valence-corrected chi connectivity index (χ3v) is 7.08. The summed E-state index contributed by atoms with van der Waals surface area (Å²) in [5.74, 6) is 0. The van der Waals surface area contributed by atoms with Gasteiger partial charge in [-0.25, -0.2) is 4.68 Å². The zero-order chi connectivity index (χ0) is 19.0. The van der Waals surface area contributed by atoms with Crippen LogP contribution in [-0.2, 0) is 11.5 Å². The molecule has 2 aromatic carbocycles. The molecule has 140 valence electrons. The predicted molar refractivity (Wildman–Crippen MR) is 124 cm³/mol. The van der Waals surface area contributed by atoms with E-state index in [1.54, 1.807) is 0 Å². The number of aromatic amines is 1. The standard InChI is InChI=1S/C21H24IN3OSi/c1-27(2,3)11-10-26-14-25-20-9-8-16(22)13-17(20)21(24-25)19-12-15-6-4-5-7-18(15)23-19/h4-9,12-13,23H,10-11,14H2,1-3H3. The molecule has 4 nitrogen and oxygen atoms in total. The maximum Gasteiger partial charge on any atom is 0.140 e. The van der Waals surface area contributed by atoms with Crippen molar-refractivity contribution in [2.45, 2.75) is 32.4 Å². The Labute approximate surface area is 174 Å². The van der Waals surface area contributed by atoms with Gasteiger partial charge in [0.05, 0.1) is 11.2 Å². The highest BCUT2D eigenvalue weighted by atomic mass is 127. The molecule has 0 aliphatic carbocycles. The normalized spacial score (nSPS) is 12.3. The van der Waals surface area contributed by atoms with Crippen molar-refractivity contribution in [2.75, 3.05) is 6.61 Å². The van der Waals surface area contributed by atoms with E-state index >= 15 is 0 Å². The van der Waals surface area contributed by atoms with Gasteiger partial charge in [-0.3, -0.25) is 0 Å². The fraction of sp³-hybridized carbons (Fsp3) is 0.286. The number of ether oxygens (including phenoxy) is 1. The van der Waals surface area contributed by atoms with Crippen molar-refractivity contribution < 1.29 is 4.74 Å². The summed E-state index contributed by atoms with van der Waals surface area (Å²) < 4.78 is 9.15. The van der Waals surface area contributed by atoms with Crippen molar-refractivity contribution >= 4 is 52.5 Å². The number of hydrogen-bond acceptors (Lipinski definition) is 2. The number of nitrogens with zero attached hydrogens (tertiary/aromatic N) is 2. The molecule has 2 aromatic heterocycles. The van der Waals surface area contributed by atoms with Crippen molar-refractivity contribution in [3.05, 3.63) is 52.1 Å². The molecule has 0 atom stereocenters. The molecule has 6 heteroatoms. The molecular formula is C21H24IN3OSi. The Kier molecular flexibility index (Phi) is 5.13. The first-order chi connectivity index (χ1) is 12.9. The molecule has 0 aliphatic rings. The lowest BCUT2D eigenvalue weighted by Gasteiger charge is -2.15. The molecule has 0 aliphatic heterocycles. The Balaban J connectivity index is 1.69. The number of halogens is 1. The van der Waals surface area contributed by atoms with E-state index in [4.69, 9.17) is 9.84 Å². The van der Waals surface area contributed by atoms with E-state index in [-0.39, 0.29) is 0 Å². The first kappa shape index (κ1) is 18.7. The van der Waals surface area contributed by atoms with Crippen molar-refractivity contribution in [1.29, 1.82) is 0 Å². The van der Waals surface area contributed by atoms with Gasteiger partial charge in [0.1, 0.15) is 12.4 Å². The lowest BCUT2D eigenvalue weighted by atomic mass is 10.1. The first-order valence-corrected chi connectivity index (χ1v) is 14.0. The Bertz CT molecular complexity index is 1060. The smallest absolute Gasteiger partial charge is 0.140 e. The number of rotatable bonds is 6. The van der Waals surface area contributed by atoms with Gasteiger partial charge in [-0.05, 0) is 59.0 Å². The van der Waals surface area contributed by atoms with E-state index in [1.165, 1.54) is 15.0 Å². The number of fused-ring (bicyclic) bond motifs is 2. The second-order valence-electron chi connectivity index (χ2n) is 8.13. The minimum Gasteiger partial charge on any atom is -0.360 e.